The van der Waals surface area contributed by atoms with E-state index in [1.165, 1.54) is 11.1 Å². The van der Waals surface area contributed by atoms with Crippen LogP contribution in [0.25, 0.3) is 10.9 Å². The molecule has 3 aromatic rings. The minimum atomic E-state index is 0.204. The molecule has 1 atom stereocenters. The lowest BCUT2D eigenvalue weighted by molar-refractivity contribution is 0.876. The van der Waals surface area contributed by atoms with E-state index in [1.54, 1.807) is 6.33 Å². The molecule has 20 heavy (non-hydrogen) atoms. The average Bonchev–Trinajstić information content (AvgIpc) is 2.49. The van der Waals surface area contributed by atoms with Crippen molar-refractivity contribution in [3.05, 3.63) is 66.0 Å². The van der Waals surface area contributed by atoms with E-state index in [0.717, 1.165) is 16.7 Å². The van der Waals surface area contributed by atoms with E-state index >= 15 is 0 Å². The first kappa shape index (κ1) is 12.6. The van der Waals surface area contributed by atoms with Crippen LogP contribution in [-0.2, 0) is 0 Å². The summed E-state index contributed by atoms with van der Waals surface area (Å²) in [6.45, 7) is 4.22. The minimum Gasteiger partial charge on any atom is -0.363 e. The molecule has 0 fully saturated rings. The maximum absolute atomic E-state index is 4.39. The van der Waals surface area contributed by atoms with Gasteiger partial charge in [0.2, 0.25) is 0 Å². The van der Waals surface area contributed by atoms with Crippen LogP contribution in [0.2, 0.25) is 0 Å². The van der Waals surface area contributed by atoms with Gasteiger partial charge in [-0.15, -0.1) is 0 Å². The summed E-state index contributed by atoms with van der Waals surface area (Å²) < 4.78 is 0. The highest BCUT2D eigenvalue weighted by Gasteiger charge is 2.09. The summed E-state index contributed by atoms with van der Waals surface area (Å²) in [6, 6.07) is 16.8. The first-order valence-electron chi connectivity index (χ1n) is 6.77. The molecule has 0 aliphatic heterocycles. The molecule has 1 heterocycles. The van der Waals surface area contributed by atoms with E-state index in [9.17, 15) is 0 Å². The predicted molar refractivity (Wildman–Crippen MR) is 82.8 cm³/mol. The van der Waals surface area contributed by atoms with E-state index in [-0.39, 0.29) is 6.04 Å². The molecule has 100 valence electrons. The topological polar surface area (TPSA) is 37.8 Å². The zero-order valence-electron chi connectivity index (χ0n) is 11.7. The summed E-state index contributed by atoms with van der Waals surface area (Å²) in [5.74, 6) is 0.884. The normalized spacial score (nSPS) is 12.3. The Morgan fingerprint density at radius 1 is 1.00 bits per heavy atom. The Morgan fingerprint density at radius 2 is 1.80 bits per heavy atom. The number of anilines is 1. The molecule has 1 aromatic heterocycles. The summed E-state index contributed by atoms with van der Waals surface area (Å²) >= 11 is 0. The fourth-order valence-corrected chi connectivity index (χ4v) is 2.32. The first-order valence-corrected chi connectivity index (χ1v) is 6.77. The van der Waals surface area contributed by atoms with Crippen molar-refractivity contribution in [1.29, 1.82) is 0 Å². The van der Waals surface area contributed by atoms with Gasteiger partial charge < -0.3 is 5.32 Å². The highest BCUT2D eigenvalue weighted by molar-refractivity contribution is 5.89. The highest BCUT2D eigenvalue weighted by Crippen LogP contribution is 2.24. The number of hydrogen-bond donors (Lipinski definition) is 1. The molecular weight excluding hydrogens is 246 g/mol. The van der Waals surface area contributed by atoms with Crippen molar-refractivity contribution in [3.63, 3.8) is 0 Å². The van der Waals surface area contributed by atoms with Crippen molar-refractivity contribution in [2.45, 2.75) is 19.9 Å². The molecule has 1 N–H and O–H groups in total. The van der Waals surface area contributed by atoms with Crippen LogP contribution >= 0.6 is 0 Å². The monoisotopic (exact) mass is 263 g/mol. The molecule has 3 heteroatoms. The third-order valence-electron chi connectivity index (χ3n) is 3.44. The van der Waals surface area contributed by atoms with Crippen molar-refractivity contribution in [2.24, 2.45) is 0 Å². The molecule has 3 rings (SSSR count). The van der Waals surface area contributed by atoms with Crippen molar-refractivity contribution in [3.8, 4) is 0 Å². The quantitative estimate of drug-likeness (QED) is 0.772. The van der Waals surface area contributed by atoms with Gasteiger partial charge >= 0.3 is 0 Å². The van der Waals surface area contributed by atoms with Gasteiger partial charge in [0.15, 0.2) is 0 Å². The lowest BCUT2D eigenvalue weighted by Gasteiger charge is -2.16. The Bertz CT molecular complexity index is 723. The molecule has 3 nitrogen and oxygen atoms in total. The van der Waals surface area contributed by atoms with Gasteiger partial charge in [0.25, 0.3) is 0 Å². The van der Waals surface area contributed by atoms with Gasteiger partial charge in [0.05, 0.1) is 5.52 Å². The van der Waals surface area contributed by atoms with Gasteiger partial charge in [-0.2, -0.15) is 0 Å². The second kappa shape index (κ2) is 5.29. The van der Waals surface area contributed by atoms with Crippen molar-refractivity contribution >= 4 is 16.7 Å². The largest absolute Gasteiger partial charge is 0.363 e. The maximum atomic E-state index is 4.39. The van der Waals surface area contributed by atoms with Crippen LogP contribution in [0.3, 0.4) is 0 Å². The number of aromatic nitrogens is 2. The number of aryl methyl sites for hydroxylation is 1. The summed E-state index contributed by atoms with van der Waals surface area (Å²) in [4.78, 5) is 8.70. The van der Waals surface area contributed by atoms with E-state index in [0.29, 0.717) is 0 Å². The molecule has 0 aliphatic carbocycles. The van der Waals surface area contributed by atoms with Crippen LogP contribution in [-0.4, -0.2) is 9.97 Å². The Kier molecular flexibility index (Phi) is 3.33. The van der Waals surface area contributed by atoms with Gasteiger partial charge in [-0.05, 0) is 31.5 Å². The lowest BCUT2D eigenvalue weighted by Crippen LogP contribution is -2.08. The first-order chi connectivity index (χ1) is 9.74. The molecular formula is C17H17N3. The summed E-state index contributed by atoms with van der Waals surface area (Å²) in [5, 5.41) is 4.54. The van der Waals surface area contributed by atoms with Crippen LogP contribution in [0.4, 0.5) is 5.82 Å². The number of rotatable bonds is 3. The van der Waals surface area contributed by atoms with Gasteiger partial charge in [-0.25, -0.2) is 9.97 Å². The number of benzene rings is 2. The maximum Gasteiger partial charge on any atom is 0.137 e. The fourth-order valence-electron chi connectivity index (χ4n) is 2.32. The predicted octanol–water partition coefficient (Wildman–Crippen LogP) is 4.11. The van der Waals surface area contributed by atoms with E-state index < -0.39 is 0 Å². The second-order valence-corrected chi connectivity index (χ2v) is 5.02. The molecule has 0 aliphatic rings. The molecule has 0 amide bonds. The zero-order chi connectivity index (χ0) is 13.9. The minimum absolute atomic E-state index is 0.204. The smallest absolute Gasteiger partial charge is 0.137 e. The van der Waals surface area contributed by atoms with Crippen LogP contribution in [0.15, 0.2) is 54.9 Å². The van der Waals surface area contributed by atoms with E-state index in [2.05, 4.69) is 65.5 Å². The second-order valence-electron chi connectivity index (χ2n) is 5.02. The van der Waals surface area contributed by atoms with E-state index in [4.69, 9.17) is 0 Å². The lowest BCUT2D eigenvalue weighted by atomic mass is 10.1. The number of hydrogen-bond acceptors (Lipinski definition) is 3. The van der Waals surface area contributed by atoms with E-state index in [1.807, 2.05) is 12.1 Å². The Labute approximate surface area is 118 Å². The number of nitrogens with zero attached hydrogens (tertiary/aromatic N) is 2. The van der Waals surface area contributed by atoms with Crippen molar-refractivity contribution in [2.75, 3.05) is 5.32 Å². The molecule has 0 radical (unpaired) electrons. The zero-order valence-corrected chi connectivity index (χ0v) is 11.7. The summed E-state index contributed by atoms with van der Waals surface area (Å²) in [7, 11) is 0. The summed E-state index contributed by atoms with van der Waals surface area (Å²) in [6.07, 6.45) is 1.61. The Morgan fingerprint density at radius 3 is 2.60 bits per heavy atom. The molecule has 0 spiro atoms. The number of nitrogens with one attached hydrogen (secondary N) is 1. The summed E-state index contributed by atoms with van der Waals surface area (Å²) in [5.41, 5.74) is 3.42. The molecule has 2 aromatic carbocycles. The Hall–Kier alpha value is -2.42. The van der Waals surface area contributed by atoms with Gasteiger partial charge in [0.1, 0.15) is 12.1 Å². The highest BCUT2D eigenvalue weighted by atomic mass is 15.0. The fraction of sp³-hybridized carbons (Fsp3) is 0.176. The van der Waals surface area contributed by atoms with Crippen LogP contribution in [0, 0.1) is 6.92 Å². The van der Waals surface area contributed by atoms with Crippen LogP contribution in [0.5, 0.6) is 0 Å². The standard InChI is InChI=1S/C17H17N3/c1-12-8-9-16-15(10-12)17(19-11-18-16)20-13(2)14-6-4-3-5-7-14/h3-11,13H,1-2H3,(H,18,19,20)/t13-/m1/s1. The van der Waals surface area contributed by atoms with Crippen LogP contribution < -0.4 is 5.32 Å². The number of fused-ring (bicyclic) bond motifs is 1. The molecule has 0 unspecified atom stereocenters. The third-order valence-corrected chi connectivity index (χ3v) is 3.44. The molecule has 0 saturated carbocycles. The molecule has 0 saturated heterocycles. The molecule has 0 bridgehead atoms. The third kappa shape index (κ3) is 2.48. The van der Waals surface area contributed by atoms with Crippen molar-refractivity contribution in [1.82, 2.24) is 9.97 Å². The van der Waals surface area contributed by atoms with Crippen molar-refractivity contribution < 1.29 is 0 Å². The van der Waals surface area contributed by atoms with Gasteiger partial charge in [0, 0.05) is 11.4 Å². The van der Waals surface area contributed by atoms with Gasteiger partial charge in [-0.3, -0.25) is 0 Å². The average molecular weight is 263 g/mol. The SMILES string of the molecule is Cc1ccc2ncnc(N[C@H](C)c3ccccc3)c2c1. The van der Waals surface area contributed by atoms with Crippen LogP contribution in [0.1, 0.15) is 24.1 Å². The van der Waals surface area contributed by atoms with Gasteiger partial charge in [-0.1, -0.05) is 42.0 Å². The Balaban J connectivity index is 1.97.